The molecule has 0 atom stereocenters. The lowest BCUT2D eigenvalue weighted by Crippen LogP contribution is -2.43. The monoisotopic (exact) mass is 350 g/mol. The van der Waals surface area contributed by atoms with Gasteiger partial charge in [-0.3, -0.25) is 5.10 Å². The van der Waals surface area contributed by atoms with E-state index in [9.17, 15) is 0 Å². The van der Waals surface area contributed by atoms with Gasteiger partial charge in [0.1, 0.15) is 11.3 Å². The summed E-state index contributed by atoms with van der Waals surface area (Å²) in [6.45, 7) is 4.02. The Hall–Kier alpha value is -1.14. The second kappa shape index (κ2) is 5.25. The van der Waals surface area contributed by atoms with E-state index in [1.54, 1.807) is 6.20 Å². The van der Waals surface area contributed by atoms with Gasteiger partial charge >= 0.3 is 0 Å². The Bertz CT molecular complexity index is 640. The molecule has 6 heteroatoms. The maximum absolute atomic E-state index is 5.52. The number of piperidine rings is 1. The van der Waals surface area contributed by atoms with Gasteiger partial charge in [-0.2, -0.15) is 5.10 Å². The molecule has 0 radical (unpaired) electrons. The van der Waals surface area contributed by atoms with Crippen LogP contribution in [0, 0.1) is 5.41 Å². The van der Waals surface area contributed by atoms with Crippen LogP contribution in [-0.2, 0) is 4.74 Å². The number of ether oxygens (including phenoxy) is 1. The van der Waals surface area contributed by atoms with E-state index in [2.05, 4.69) is 37.1 Å². The highest BCUT2D eigenvalue weighted by Gasteiger charge is 2.36. The van der Waals surface area contributed by atoms with Crippen LogP contribution in [0.2, 0.25) is 0 Å². The highest BCUT2D eigenvalue weighted by Crippen LogP contribution is 2.42. The largest absolute Gasteiger partial charge is 0.381 e. The van der Waals surface area contributed by atoms with Crippen LogP contribution in [0.3, 0.4) is 0 Å². The summed E-state index contributed by atoms with van der Waals surface area (Å²) in [5, 5.41) is 7.02. The molecule has 1 spiro atoms. The molecule has 2 fully saturated rings. The van der Waals surface area contributed by atoms with Gasteiger partial charge in [-0.1, -0.05) is 0 Å². The first kappa shape index (κ1) is 13.5. The number of rotatable bonds is 1. The lowest BCUT2D eigenvalue weighted by atomic mass is 9.72. The highest BCUT2D eigenvalue weighted by molar-refractivity contribution is 9.10. The number of H-pyrrole nitrogens is 1. The first-order chi connectivity index (χ1) is 10.3. The fraction of sp³-hybridized carbons (Fsp3) is 0.600. The van der Waals surface area contributed by atoms with Crippen molar-refractivity contribution in [3.05, 3.63) is 16.7 Å². The highest BCUT2D eigenvalue weighted by atomic mass is 79.9. The lowest BCUT2D eigenvalue weighted by Gasteiger charge is -2.44. The third-order valence-electron chi connectivity index (χ3n) is 5.04. The van der Waals surface area contributed by atoms with Gasteiger partial charge in [-0.05, 0) is 53.1 Å². The van der Waals surface area contributed by atoms with Crippen molar-refractivity contribution in [1.82, 2.24) is 15.2 Å². The molecule has 2 aliphatic heterocycles. The normalized spacial score (nSPS) is 22.0. The van der Waals surface area contributed by atoms with Crippen LogP contribution in [0.1, 0.15) is 25.7 Å². The van der Waals surface area contributed by atoms with Gasteiger partial charge in [-0.15, -0.1) is 0 Å². The number of hydrogen-bond donors (Lipinski definition) is 1. The quantitative estimate of drug-likeness (QED) is 0.858. The van der Waals surface area contributed by atoms with Crippen LogP contribution >= 0.6 is 15.9 Å². The SMILES string of the molecule is Brc1cc2[nH]ncc2nc1N1CCC2(CCOCC2)CC1. The van der Waals surface area contributed by atoms with Crippen LogP contribution in [0.25, 0.3) is 11.0 Å². The summed E-state index contributed by atoms with van der Waals surface area (Å²) < 4.78 is 6.57. The van der Waals surface area contributed by atoms with Crippen LogP contribution in [0.4, 0.5) is 5.82 Å². The Morgan fingerprint density at radius 2 is 1.95 bits per heavy atom. The van der Waals surface area contributed by atoms with Gasteiger partial charge in [0, 0.05) is 26.3 Å². The molecule has 0 unspecified atom stereocenters. The van der Waals surface area contributed by atoms with Gasteiger partial charge < -0.3 is 9.64 Å². The Balaban J connectivity index is 1.55. The molecule has 2 aliphatic rings. The summed E-state index contributed by atoms with van der Waals surface area (Å²) in [4.78, 5) is 7.15. The Morgan fingerprint density at radius 1 is 1.19 bits per heavy atom. The summed E-state index contributed by atoms with van der Waals surface area (Å²) in [7, 11) is 0. The summed E-state index contributed by atoms with van der Waals surface area (Å²) in [5.41, 5.74) is 2.42. The first-order valence-electron chi connectivity index (χ1n) is 7.58. The molecule has 0 bridgehead atoms. The summed E-state index contributed by atoms with van der Waals surface area (Å²) in [6.07, 6.45) is 6.71. The van der Waals surface area contributed by atoms with Crippen molar-refractivity contribution in [3.8, 4) is 0 Å². The van der Waals surface area contributed by atoms with Crippen LogP contribution in [0.15, 0.2) is 16.7 Å². The minimum atomic E-state index is 0.515. The molecule has 4 heterocycles. The van der Waals surface area contributed by atoms with Gasteiger partial charge in [-0.25, -0.2) is 4.98 Å². The van der Waals surface area contributed by atoms with E-state index in [0.717, 1.165) is 47.6 Å². The maximum Gasteiger partial charge on any atom is 0.143 e. The number of aromatic amines is 1. The van der Waals surface area contributed by atoms with E-state index in [-0.39, 0.29) is 0 Å². The molecule has 4 rings (SSSR count). The fourth-order valence-corrected chi connectivity index (χ4v) is 4.13. The number of aromatic nitrogens is 3. The van der Waals surface area contributed by atoms with Crippen LogP contribution in [-0.4, -0.2) is 41.5 Å². The number of pyridine rings is 1. The zero-order chi connectivity index (χ0) is 14.3. The molecule has 0 aliphatic carbocycles. The predicted molar refractivity (Wildman–Crippen MR) is 85.5 cm³/mol. The topological polar surface area (TPSA) is 54.0 Å². The molecular weight excluding hydrogens is 332 g/mol. The minimum Gasteiger partial charge on any atom is -0.381 e. The van der Waals surface area contributed by atoms with Crippen molar-refractivity contribution in [2.45, 2.75) is 25.7 Å². The van der Waals surface area contributed by atoms with Crippen LogP contribution in [0.5, 0.6) is 0 Å². The molecule has 21 heavy (non-hydrogen) atoms. The Labute approximate surface area is 132 Å². The second-order valence-electron chi connectivity index (χ2n) is 6.20. The van der Waals surface area contributed by atoms with E-state index < -0.39 is 0 Å². The predicted octanol–water partition coefficient (Wildman–Crippen LogP) is 3.12. The third kappa shape index (κ3) is 2.44. The zero-order valence-electron chi connectivity index (χ0n) is 11.9. The van der Waals surface area contributed by atoms with Crippen molar-refractivity contribution < 1.29 is 4.74 Å². The molecule has 2 saturated heterocycles. The summed E-state index contributed by atoms with van der Waals surface area (Å²) in [6, 6.07) is 2.07. The van der Waals surface area contributed by atoms with E-state index in [1.807, 2.05) is 0 Å². The molecule has 112 valence electrons. The van der Waals surface area contributed by atoms with Crippen molar-refractivity contribution in [2.75, 3.05) is 31.2 Å². The first-order valence-corrected chi connectivity index (χ1v) is 8.37. The average Bonchev–Trinajstić information content (AvgIpc) is 2.95. The van der Waals surface area contributed by atoms with Crippen LogP contribution < -0.4 is 4.90 Å². The minimum absolute atomic E-state index is 0.515. The lowest BCUT2D eigenvalue weighted by molar-refractivity contribution is 0.00205. The van der Waals surface area contributed by atoms with Gasteiger partial charge in [0.2, 0.25) is 0 Å². The van der Waals surface area contributed by atoms with E-state index in [0.29, 0.717) is 5.41 Å². The number of hydrogen-bond acceptors (Lipinski definition) is 4. The number of nitrogens with zero attached hydrogens (tertiary/aromatic N) is 3. The fourth-order valence-electron chi connectivity index (χ4n) is 3.56. The molecule has 0 aromatic carbocycles. The van der Waals surface area contributed by atoms with E-state index in [4.69, 9.17) is 9.72 Å². The maximum atomic E-state index is 5.52. The Kier molecular flexibility index (Phi) is 3.38. The number of fused-ring (bicyclic) bond motifs is 1. The van der Waals surface area contributed by atoms with Crippen molar-refractivity contribution in [1.29, 1.82) is 0 Å². The molecule has 5 nitrogen and oxygen atoms in total. The van der Waals surface area contributed by atoms with Gasteiger partial charge in [0.15, 0.2) is 0 Å². The Morgan fingerprint density at radius 3 is 2.71 bits per heavy atom. The summed E-state index contributed by atoms with van der Waals surface area (Å²) >= 11 is 3.65. The van der Waals surface area contributed by atoms with E-state index >= 15 is 0 Å². The molecule has 0 saturated carbocycles. The van der Waals surface area contributed by atoms with Gasteiger partial charge in [0.05, 0.1) is 16.2 Å². The molecule has 0 amide bonds. The number of nitrogens with one attached hydrogen (secondary N) is 1. The van der Waals surface area contributed by atoms with Crippen molar-refractivity contribution in [3.63, 3.8) is 0 Å². The molecule has 2 aromatic heterocycles. The standard InChI is InChI=1S/C15H19BrN4O/c16-11-9-12-13(10-17-19-12)18-14(11)20-5-1-15(2-6-20)3-7-21-8-4-15/h9-10H,1-8H2,(H,17,19). The number of halogens is 1. The second-order valence-corrected chi connectivity index (χ2v) is 7.05. The van der Waals surface area contributed by atoms with Crippen molar-refractivity contribution >= 4 is 32.8 Å². The molecule has 2 aromatic rings. The smallest absolute Gasteiger partial charge is 0.143 e. The van der Waals surface area contributed by atoms with Gasteiger partial charge in [0.25, 0.3) is 0 Å². The molecule has 1 N–H and O–H groups in total. The number of anilines is 1. The average molecular weight is 351 g/mol. The third-order valence-corrected chi connectivity index (χ3v) is 5.62. The van der Waals surface area contributed by atoms with Crippen molar-refractivity contribution in [2.24, 2.45) is 5.41 Å². The summed E-state index contributed by atoms with van der Waals surface area (Å²) in [5.74, 6) is 1.05. The zero-order valence-corrected chi connectivity index (χ0v) is 13.5. The molecular formula is C15H19BrN4O. The van der Waals surface area contributed by atoms with E-state index in [1.165, 1.54) is 25.7 Å².